The highest BCUT2D eigenvalue weighted by Gasteiger charge is 2.42. The molecule has 0 spiro atoms. The van der Waals surface area contributed by atoms with Crippen LogP contribution in [0.5, 0.6) is 0 Å². The zero-order valence-electron chi connectivity index (χ0n) is 13.4. The number of fused-ring (bicyclic) bond motifs is 1. The largest absolute Gasteiger partial charge is 0.375 e. The van der Waals surface area contributed by atoms with Gasteiger partial charge in [0.15, 0.2) is 0 Å². The van der Waals surface area contributed by atoms with E-state index in [9.17, 15) is 8.42 Å². The number of rotatable bonds is 3. The Morgan fingerprint density at radius 3 is 2.77 bits per heavy atom. The van der Waals surface area contributed by atoms with Crippen LogP contribution in [0, 0.1) is 6.92 Å². The lowest BCUT2D eigenvalue weighted by atomic mass is 9.99. The summed E-state index contributed by atoms with van der Waals surface area (Å²) in [6.07, 6.45) is 0.935. The molecule has 0 saturated carbocycles. The molecule has 2 aliphatic heterocycles. The van der Waals surface area contributed by atoms with Crippen molar-refractivity contribution in [2.75, 3.05) is 26.2 Å². The van der Waals surface area contributed by atoms with Crippen molar-refractivity contribution < 1.29 is 13.2 Å². The van der Waals surface area contributed by atoms with E-state index in [1.807, 2.05) is 18.4 Å². The Labute approximate surface area is 136 Å². The molecule has 0 aromatic carbocycles. The third-order valence-electron chi connectivity index (χ3n) is 4.64. The van der Waals surface area contributed by atoms with Gasteiger partial charge in [-0.15, -0.1) is 11.3 Å². The van der Waals surface area contributed by atoms with Gasteiger partial charge in [-0.3, -0.25) is 4.90 Å². The topological polar surface area (TPSA) is 49.9 Å². The van der Waals surface area contributed by atoms with Gasteiger partial charge >= 0.3 is 0 Å². The molecule has 2 aliphatic rings. The number of hydrogen-bond acceptors (Lipinski definition) is 5. The van der Waals surface area contributed by atoms with Gasteiger partial charge in [-0.25, -0.2) is 8.42 Å². The van der Waals surface area contributed by atoms with E-state index in [1.54, 1.807) is 4.31 Å². The summed E-state index contributed by atoms with van der Waals surface area (Å²) in [6.45, 7) is 8.90. The van der Waals surface area contributed by atoms with E-state index in [1.165, 1.54) is 11.3 Å². The Morgan fingerprint density at radius 2 is 2.14 bits per heavy atom. The summed E-state index contributed by atoms with van der Waals surface area (Å²) < 4.78 is 33.8. The lowest BCUT2D eigenvalue weighted by Crippen LogP contribution is -2.62. The van der Waals surface area contributed by atoms with Gasteiger partial charge in [0.25, 0.3) is 10.0 Å². The summed E-state index contributed by atoms with van der Waals surface area (Å²) >= 11 is 1.31. The number of thiophene rings is 1. The number of nitrogens with zero attached hydrogens (tertiary/aromatic N) is 2. The highest BCUT2D eigenvalue weighted by molar-refractivity contribution is 7.91. The van der Waals surface area contributed by atoms with Crippen molar-refractivity contribution in [2.24, 2.45) is 0 Å². The van der Waals surface area contributed by atoms with E-state index >= 15 is 0 Å². The molecule has 0 aliphatic carbocycles. The van der Waals surface area contributed by atoms with Gasteiger partial charge in [0.05, 0.1) is 18.8 Å². The van der Waals surface area contributed by atoms with E-state index < -0.39 is 10.0 Å². The van der Waals surface area contributed by atoms with Crippen molar-refractivity contribution in [1.29, 1.82) is 0 Å². The molecule has 0 N–H and O–H groups in total. The maximum atomic E-state index is 12.9. The molecule has 2 atom stereocenters. The summed E-state index contributed by atoms with van der Waals surface area (Å²) in [4.78, 5) is 2.39. The Kier molecular flexibility index (Phi) is 4.62. The predicted octanol–water partition coefficient (Wildman–Crippen LogP) is 1.93. The van der Waals surface area contributed by atoms with E-state index in [-0.39, 0.29) is 12.1 Å². The maximum Gasteiger partial charge on any atom is 0.252 e. The third-order valence-corrected chi connectivity index (χ3v) is 8.17. The minimum atomic E-state index is -3.38. The molecule has 1 aromatic rings. The second-order valence-electron chi connectivity index (χ2n) is 6.35. The van der Waals surface area contributed by atoms with E-state index in [0.29, 0.717) is 23.3 Å². The lowest BCUT2D eigenvalue weighted by Gasteiger charge is -2.48. The molecule has 2 fully saturated rings. The summed E-state index contributed by atoms with van der Waals surface area (Å²) in [5, 5.41) is 1.85. The SMILES string of the molecule is Cc1ccsc1S(=O)(=O)N1CC[C@H]2OCCN(C(C)C)[C@@H]2C1. The van der Waals surface area contributed by atoms with Crippen molar-refractivity contribution in [3.05, 3.63) is 17.0 Å². The molecule has 7 heteroatoms. The monoisotopic (exact) mass is 344 g/mol. The molecule has 3 heterocycles. The van der Waals surface area contributed by atoms with Gasteiger partial charge in [-0.1, -0.05) is 0 Å². The molecular weight excluding hydrogens is 320 g/mol. The van der Waals surface area contributed by atoms with Gasteiger partial charge in [-0.05, 0) is 44.2 Å². The first kappa shape index (κ1) is 16.4. The van der Waals surface area contributed by atoms with Crippen molar-refractivity contribution in [3.8, 4) is 0 Å². The molecule has 1 aromatic heterocycles. The van der Waals surface area contributed by atoms with Gasteiger partial charge in [0.2, 0.25) is 0 Å². The average molecular weight is 345 g/mol. The highest BCUT2D eigenvalue weighted by atomic mass is 32.2. The minimum absolute atomic E-state index is 0.159. The van der Waals surface area contributed by atoms with Crippen molar-refractivity contribution in [1.82, 2.24) is 9.21 Å². The molecule has 0 amide bonds. The second-order valence-corrected chi connectivity index (χ2v) is 9.40. The van der Waals surface area contributed by atoms with Crippen molar-refractivity contribution in [2.45, 2.75) is 49.6 Å². The van der Waals surface area contributed by atoms with Gasteiger partial charge < -0.3 is 4.74 Å². The van der Waals surface area contributed by atoms with Crippen LogP contribution in [0.25, 0.3) is 0 Å². The molecule has 3 rings (SSSR count). The van der Waals surface area contributed by atoms with Gasteiger partial charge in [0.1, 0.15) is 4.21 Å². The molecule has 0 unspecified atom stereocenters. The van der Waals surface area contributed by atoms with Crippen LogP contribution in [-0.4, -0.2) is 62.1 Å². The second kappa shape index (κ2) is 6.20. The highest BCUT2D eigenvalue weighted by Crippen LogP contribution is 2.31. The Balaban J connectivity index is 1.84. The fourth-order valence-electron chi connectivity index (χ4n) is 3.47. The number of sulfonamides is 1. The van der Waals surface area contributed by atoms with Crippen LogP contribution in [0.1, 0.15) is 25.8 Å². The van der Waals surface area contributed by atoms with Crippen LogP contribution in [0.4, 0.5) is 0 Å². The zero-order chi connectivity index (χ0) is 15.9. The summed E-state index contributed by atoms with van der Waals surface area (Å²) in [7, 11) is -3.38. The molecule has 2 saturated heterocycles. The van der Waals surface area contributed by atoms with Gasteiger partial charge in [-0.2, -0.15) is 4.31 Å². The first-order valence-corrected chi connectivity index (χ1v) is 10.1. The van der Waals surface area contributed by atoms with Crippen LogP contribution < -0.4 is 0 Å². The van der Waals surface area contributed by atoms with Gasteiger partial charge in [0, 0.05) is 25.7 Å². The molecule has 0 radical (unpaired) electrons. The lowest BCUT2D eigenvalue weighted by molar-refractivity contribution is -0.102. The number of piperidine rings is 1. The van der Waals surface area contributed by atoms with Crippen LogP contribution in [0.2, 0.25) is 0 Å². The molecule has 124 valence electrons. The van der Waals surface area contributed by atoms with Crippen molar-refractivity contribution >= 4 is 21.4 Å². The van der Waals surface area contributed by atoms with Crippen LogP contribution >= 0.6 is 11.3 Å². The number of morpholine rings is 1. The first-order valence-electron chi connectivity index (χ1n) is 7.83. The van der Waals surface area contributed by atoms with Crippen molar-refractivity contribution in [3.63, 3.8) is 0 Å². The zero-order valence-corrected chi connectivity index (χ0v) is 15.0. The fraction of sp³-hybridized carbons (Fsp3) is 0.733. The summed E-state index contributed by atoms with van der Waals surface area (Å²) in [5.74, 6) is 0. The first-order chi connectivity index (χ1) is 10.4. The van der Waals surface area contributed by atoms with Crippen LogP contribution in [0.3, 0.4) is 0 Å². The predicted molar refractivity (Wildman–Crippen MR) is 87.8 cm³/mol. The van der Waals surface area contributed by atoms with Crippen LogP contribution in [0.15, 0.2) is 15.7 Å². The van der Waals surface area contributed by atoms with E-state index in [4.69, 9.17) is 4.74 Å². The number of hydrogen-bond donors (Lipinski definition) is 0. The standard InChI is InChI=1S/C15H24N2O3S2/c1-11(2)17-7-8-20-14-4-6-16(10-13(14)17)22(18,19)15-12(3)5-9-21-15/h5,9,11,13-14H,4,6-8,10H2,1-3H3/t13-,14-/m1/s1. The van der Waals surface area contributed by atoms with E-state index in [2.05, 4.69) is 18.7 Å². The molecule has 0 bridgehead atoms. The van der Waals surface area contributed by atoms with Crippen LogP contribution in [-0.2, 0) is 14.8 Å². The molecular formula is C15H24N2O3S2. The maximum absolute atomic E-state index is 12.9. The Bertz CT molecular complexity index is 626. The summed E-state index contributed by atoms with van der Waals surface area (Å²) in [5.41, 5.74) is 0.840. The Hall–Kier alpha value is -0.470. The smallest absolute Gasteiger partial charge is 0.252 e. The molecule has 5 nitrogen and oxygen atoms in total. The molecule has 22 heavy (non-hydrogen) atoms. The minimum Gasteiger partial charge on any atom is -0.375 e. The quantitative estimate of drug-likeness (QED) is 0.841. The fourth-order valence-corrected chi connectivity index (χ4v) is 6.49. The Morgan fingerprint density at radius 1 is 1.36 bits per heavy atom. The number of aryl methyl sites for hydroxylation is 1. The average Bonchev–Trinajstić information content (AvgIpc) is 2.92. The summed E-state index contributed by atoms with van der Waals surface area (Å²) in [6, 6.07) is 2.44. The number of ether oxygens (including phenoxy) is 1. The third kappa shape index (κ3) is 2.85. The normalized spacial score (nSPS) is 28.0. The van der Waals surface area contributed by atoms with E-state index in [0.717, 1.165) is 25.1 Å².